The summed E-state index contributed by atoms with van der Waals surface area (Å²) in [5, 5.41) is 18.9. The van der Waals surface area contributed by atoms with E-state index < -0.39 is 11.0 Å². The van der Waals surface area contributed by atoms with Gasteiger partial charge in [-0.3, -0.25) is 0 Å². The normalized spacial score (nSPS) is 27.8. The van der Waals surface area contributed by atoms with Crippen molar-refractivity contribution in [2.75, 3.05) is 18.0 Å². The van der Waals surface area contributed by atoms with Gasteiger partial charge >= 0.3 is 0 Å². The van der Waals surface area contributed by atoms with E-state index in [1.165, 1.54) is 0 Å². The molecule has 3 heterocycles. The van der Waals surface area contributed by atoms with Gasteiger partial charge in [0.1, 0.15) is 6.33 Å². The van der Waals surface area contributed by atoms with Crippen LogP contribution in [0.2, 0.25) is 0 Å². The SMILES string of the molecule is Cc1nc(N2CCC3(CC2)C[C@@H](O)[C@@H](C)[C@H]3N[S@](=O)C(C)(C)C)n2cnnc2c1Br. The van der Waals surface area contributed by atoms with E-state index in [4.69, 9.17) is 4.98 Å². The zero-order chi connectivity index (χ0) is 21.8. The Kier molecular flexibility index (Phi) is 5.74. The largest absolute Gasteiger partial charge is 0.393 e. The van der Waals surface area contributed by atoms with Crippen molar-refractivity contribution >= 4 is 38.5 Å². The van der Waals surface area contributed by atoms with Crippen LogP contribution in [0.4, 0.5) is 5.95 Å². The van der Waals surface area contributed by atoms with Gasteiger partial charge in [-0.25, -0.2) is 18.3 Å². The summed E-state index contributed by atoms with van der Waals surface area (Å²) >= 11 is 3.56. The van der Waals surface area contributed by atoms with Gasteiger partial charge in [0.05, 0.1) is 32.0 Å². The number of nitrogens with zero attached hydrogens (tertiary/aromatic N) is 5. The Morgan fingerprint density at radius 1 is 1.33 bits per heavy atom. The number of piperidine rings is 1. The third kappa shape index (κ3) is 3.69. The smallest absolute Gasteiger partial charge is 0.212 e. The fourth-order valence-corrected chi connectivity index (χ4v) is 6.28. The third-order valence-electron chi connectivity index (χ3n) is 6.79. The number of hydrogen-bond acceptors (Lipinski definition) is 6. The molecule has 2 aliphatic rings. The monoisotopic (exact) mass is 498 g/mol. The lowest BCUT2D eigenvalue weighted by Crippen LogP contribution is -2.53. The van der Waals surface area contributed by atoms with E-state index in [0.717, 1.165) is 54.1 Å². The molecule has 2 aromatic rings. The molecule has 1 spiro atoms. The van der Waals surface area contributed by atoms with Gasteiger partial charge in [-0.2, -0.15) is 0 Å². The van der Waals surface area contributed by atoms with Crippen molar-refractivity contribution in [3.63, 3.8) is 0 Å². The van der Waals surface area contributed by atoms with Crippen LogP contribution in [0.25, 0.3) is 5.65 Å². The highest BCUT2D eigenvalue weighted by Gasteiger charge is 2.53. The van der Waals surface area contributed by atoms with E-state index >= 15 is 0 Å². The molecule has 4 atom stereocenters. The molecule has 1 aliphatic heterocycles. The van der Waals surface area contributed by atoms with Crippen LogP contribution in [0.5, 0.6) is 0 Å². The van der Waals surface area contributed by atoms with Gasteiger partial charge in [-0.15, -0.1) is 10.2 Å². The first-order valence-corrected chi connectivity index (χ1v) is 12.4. The maximum atomic E-state index is 12.8. The van der Waals surface area contributed by atoms with Gasteiger partial charge in [-0.1, -0.05) is 6.92 Å². The summed E-state index contributed by atoms with van der Waals surface area (Å²) in [5.41, 5.74) is 1.59. The van der Waals surface area contributed by atoms with E-state index in [2.05, 4.69) is 42.7 Å². The van der Waals surface area contributed by atoms with Crippen LogP contribution in [0.3, 0.4) is 0 Å². The molecule has 0 amide bonds. The molecule has 0 bridgehead atoms. The van der Waals surface area contributed by atoms with Crippen molar-refractivity contribution in [3.05, 3.63) is 16.5 Å². The second-order valence-electron chi connectivity index (χ2n) is 9.79. The van der Waals surface area contributed by atoms with Crippen LogP contribution in [0.1, 0.15) is 52.7 Å². The average Bonchev–Trinajstić information content (AvgIpc) is 3.25. The number of fused-ring (bicyclic) bond motifs is 1. The summed E-state index contributed by atoms with van der Waals surface area (Å²) in [6.07, 6.45) is 3.89. The lowest BCUT2D eigenvalue weighted by molar-refractivity contribution is 0.126. The van der Waals surface area contributed by atoms with Gasteiger partial charge in [0.25, 0.3) is 0 Å². The molecule has 166 valence electrons. The first-order valence-electron chi connectivity index (χ1n) is 10.5. The second kappa shape index (κ2) is 7.79. The van der Waals surface area contributed by atoms with Crippen LogP contribution >= 0.6 is 15.9 Å². The number of nitrogens with one attached hydrogen (secondary N) is 1. The first kappa shape index (κ1) is 22.1. The van der Waals surface area contributed by atoms with Crippen molar-refractivity contribution in [1.29, 1.82) is 0 Å². The molecule has 2 aromatic heterocycles. The highest BCUT2D eigenvalue weighted by molar-refractivity contribution is 9.10. The molecule has 30 heavy (non-hydrogen) atoms. The lowest BCUT2D eigenvalue weighted by atomic mass is 9.73. The molecule has 4 rings (SSSR count). The van der Waals surface area contributed by atoms with E-state index in [-0.39, 0.29) is 28.2 Å². The van der Waals surface area contributed by atoms with Crippen LogP contribution in [-0.2, 0) is 11.0 Å². The van der Waals surface area contributed by atoms with Gasteiger partial charge in [-0.05, 0) is 74.2 Å². The van der Waals surface area contributed by atoms with Crippen molar-refractivity contribution < 1.29 is 9.32 Å². The lowest BCUT2D eigenvalue weighted by Gasteiger charge is -2.44. The Labute approximate surface area is 188 Å². The van der Waals surface area contributed by atoms with E-state index in [9.17, 15) is 9.32 Å². The minimum Gasteiger partial charge on any atom is -0.393 e. The molecular formula is C20H31BrN6O2S. The second-order valence-corrected chi connectivity index (χ2v) is 12.6. The molecule has 1 saturated carbocycles. The van der Waals surface area contributed by atoms with Gasteiger partial charge in [0.2, 0.25) is 5.95 Å². The van der Waals surface area contributed by atoms with Crippen molar-refractivity contribution in [3.8, 4) is 0 Å². The minimum atomic E-state index is -1.17. The highest BCUT2D eigenvalue weighted by atomic mass is 79.9. The van der Waals surface area contributed by atoms with Gasteiger partial charge in [0.15, 0.2) is 5.65 Å². The third-order valence-corrected chi connectivity index (χ3v) is 9.29. The van der Waals surface area contributed by atoms with E-state index in [1.807, 2.05) is 32.1 Å². The summed E-state index contributed by atoms with van der Waals surface area (Å²) < 4.78 is 18.7. The summed E-state index contributed by atoms with van der Waals surface area (Å²) in [7, 11) is -1.17. The number of aliphatic hydroxyl groups excluding tert-OH is 1. The zero-order valence-corrected chi connectivity index (χ0v) is 20.6. The molecule has 0 aromatic carbocycles. The molecule has 1 aliphatic carbocycles. The number of hydrogen-bond donors (Lipinski definition) is 2. The minimum absolute atomic E-state index is 0.0317. The fraction of sp³-hybridized carbons (Fsp3) is 0.750. The summed E-state index contributed by atoms with van der Waals surface area (Å²) in [5.74, 6) is 0.917. The van der Waals surface area contributed by atoms with Crippen molar-refractivity contribution in [1.82, 2.24) is 24.3 Å². The van der Waals surface area contributed by atoms with Crippen LogP contribution in [0, 0.1) is 18.3 Å². The fourth-order valence-electron chi connectivity index (χ4n) is 4.87. The maximum Gasteiger partial charge on any atom is 0.212 e. The average molecular weight is 499 g/mol. The number of aliphatic hydroxyl groups is 1. The van der Waals surface area contributed by atoms with E-state index in [1.54, 1.807) is 6.33 Å². The number of halogens is 1. The Morgan fingerprint density at radius 3 is 2.63 bits per heavy atom. The summed E-state index contributed by atoms with van der Waals surface area (Å²) in [4.78, 5) is 7.06. The number of aryl methyl sites for hydroxylation is 1. The topological polar surface area (TPSA) is 95.7 Å². The quantitative estimate of drug-likeness (QED) is 0.674. The number of rotatable bonds is 3. The van der Waals surface area contributed by atoms with Gasteiger partial charge in [0, 0.05) is 19.1 Å². The summed E-state index contributed by atoms with van der Waals surface area (Å²) in [6.45, 7) is 11.6. The summed E-state index contributed by atoms with van der Waals surface area (Å²) in [6, 6.07) is 0.0317. The highest BCUT2D eigenvalue weighted by Crippen LogP contribution is 2.49. The molecule has 2 fully saturated rings. The predicted octanol–water partition coefficient (Wildman–Crippen LogP) is 2.60. The molecule has 10 heteroatoms. The van der Waals surface area contributed by atoms with Gasteiger partial charge < -0.3 is 10.0 Å². The Bertz CT molecular complexity index is 966. The molecule has 0 unspecified atom stereocenters. The van der Waals surface area contributed by atoms with E-state index in [0.29, 0.717) is 0 Å². The predicted molar refractivity (Wildman–Crippen MR) is 122 cm³/mol. The molecule has 2 N–H and O–H groups in total. The zero-order valence-electron chi connectivity index (χ0n) is 18.2. The Balaban J connectivity index is 1.58. The van der Waals surface area contributed by atoms with Crippen molar-refractivity contribution in [2.24, 2.45) is 11.3 Å². The standard InChI is InChI=1S/C20H31BrN6O2S/c1-12-14(28)10-20(16(12)25-30(29)19(3,4)5)6-8-26(9-7-20)18-23-13(2)15(21)17-24-22-11-27(17)18/h11-12,14,16,25,28H,6-10H2,1-5H3/t12-,14-,16-,30-/m1/s1. The van der Waals surface area contributed by atoms with Crippen LogP contribution in [-0.4, -0.2) is 58.9 Å². The van der Waals surface area contributed by atoms with Crippen molar-refractivity contribution in [2.45, 2.75) is 70.8 Å². The molecule has 8 nitrogen and oxygen atoms in total. The molecule has 1 saturated heterocycles. The number of aromatic nitrogens is 4. The Morgan fingerprint density at radius 2 is 2.00 bits per heavy atom. The Hall–Kier alpha value is -1.10. The maximum absolute atomic E-state index is 12.8. The molecule has 0 radical (unpaired) electrons. The van der Waals surface area contributed by atoms with Crippen LogP contribution in [0.15, 0.2) is 10.8 Å². The number of anilines is 1. The van der Waals surface area contributed by atoms with Crippen LogP contribution < -0.4 is 9.62 Å². The molecular weight excluding hydrogens is 468 g/mol. The first-order chi connectivity index (χ1) is 14.0.